The van der Waals surface area contributed by atoms with E-state index >= 15 is 0 Å². The first-order valence-corrected chi connectivity index (χ1v) is 5.39. The van der Waals surface area contributed by atoms with Gasteiger partial charge in [-0.1, -0.05) is 12.1 Å². The van der Waals surface area contributed by atoms with Crippen molar-refractivity contribution in [2.24, 2.45) is 0 Å². The van der Waals surface area contributed by atoms with Crippen LogP contribution in [0.15, 0.2) is 34.9 Å². The summed E-state index contributed by atoms with van der Waals surface area (Å²) >= 11 is 0. The molecule has 2 rings (SSSR count). The lowest BCUT2D eigenvalue weighted by Gasteiger charge is -2.27. The summed E-state index contributed by atoms with van der Waals surface area (Å²) in [6.45, 7) is 3.41. The molecule has 0 bridgehead atoms. The van der Waals surface area contributed by atoms with E-state index in [0.717, 1.165) is 11.0 Å². The van der Waals surface area contributed by atoms with Crippen LogP contribution in [0.25, 0.3) is 11.0 Å². The third-order valence-corrected chi connectivity index (χ3v) is 3.27. The second-order valence-corrected chi connectivity index (χ2v) is 4.26. The van der Waals surface area contributed by atoms with Crippen molar-refractivity contribution in [1.82, 2.24) is 5.32 Å². The molecule has 0 saturated carbocycles. The Morgan fingerprint density at radius 1 is 1.38 bits per heavy atom. The van der Waals surface area contributed by atoms with Gasteiger partial charge in [-0.15, -0.1) is 0 Å². The lowest BCUT2D eigenvalue weighted by Crippen LogP contribution is -2.39. The van der Waals surface area contributed by atoms with Crippen LogP contribution in [0.3, 0.4) is 0 Å². The van der Waals surface area contributed by atoms with Gasteiger partial charge in [-0.2, -0.15) is 0 Å². The number of likely N-dealkylation sites (N-methyl/N-ethyl adjacent to an activating group) is 1. The first kappa shape index (κ1) is 11.1. The van der Waals surface area contributed by atoms with Crippen molar-refractivity contribution in [2.45, 2.75) is 25.6 Å². The van der Waals surface area contributed by atoms with Crippen molar-refractivity contribution in [3.63, 3.8) is 0 Å². The van der Waals surface area contributed by atoms with Gasteiger partial charge in [-0.25, -0.2) is 4.39 Å². The Morgan fingerprint density at radius 3 is 2.81 bits per heavy atom. The molecule has 1 heterocycles. The molecule has 1 aromatic heterocycles. The van der Waals surface area contributed by atoms with E-state index in [-0.39, 0.29) is 6.04 Å². The molecule has 2 unspecified atom stereocenters. The predicted molar refractivity (Wildman–Crippen MR) is 63.2 cm³/mol. The molecule has 0 saturated heterocycles. The van der Waals surface area contributed by atoms with Gasteiger partial charge in [-0.05, 0) is 38.6 Å². The highest BCUT2D eigenvalue weighted by molar-refractivity contribution is 5.77. The van der Waals surface area contributed by atoms with E-state index in [1.807, 2.05) is 25.1 Å². The van der Waals surface area contributed by atoms with E-state index in [1.165, 1.54) is 0 Å². The van der Waals surface area contributed by atoms with Gasteiger partial charge >= 0.3 is 0 Å². The molecule has 3 heteroatoms. The van der Waals surface area contributed by atoms with Gasteiger partial charge in [0.25, 0.3) is 0 Å². The molecule has 0 radical (unpaired) electrons. The molecule has 2 aromatic rings. The quantitative estimate of drug-likeness (QED) is 0.860. The molecule has 0 spiro atoms. The molecular formula is C13H16FNO. The minimum Gasteiger partial charge on any atom is -0.464 e. The standard InChI is InChI=1S/C13H16FNO/c1-9(15-3)13(2,14)11-5-4-10-6-7-16-12(10)8-11/h4-9,15H,1-3H3. The lowest BCUT2D eigenvalue weighted by atomic mass is 9.90. The number of rotatable bonds is 3. The maximum absolute atomic E-state index is 14.5. The molecule has 2 nitrogen and oxygen atoms in total. The Hall–Kier alpha value is -1.35. The van der Waals surface area contributed by atoms with E-state index in [2.05, 4.69) is 5.32 Å². The van der Waals surface area contributed by atoms with Crippen LogP contribution < -0.4 is 5.32 Å². The van der Waals surface area contributed by atoms with Gasteiger partial charge in [0.05, 0.1) is 6.26 Å². The van der Waals surface area contributed by atoms with Crippen molar-refractivity contribution in [3.05, 3.63) is 36.1 Å². The highest BCUT2D eigenvalue weighted by atomic mass is 19.1. The zero-order valence-corrected chi connectivity index (χ0v) is 9.75. The highest BCUT2D eigenvalue weighted by Gasteiger charge is 2.32. The summed E-state index contributed by atoms with van der Waals surface area (Å²) in [5.41, 5.74) is -0.0445. The first-order valence-electron chi connectivity index (χ1n) is 5.39. The van der Waals surface area contributed by atoms with E-state index in [0.29, 0.717) is 5.56 Å². The van der Waals surface area contributed by atoms with Crippen molar-refractivity contribution in [2.75, 3.05) is 7.05 Å². The van der Waals surface area contributed by atoms with E-state index in [4.69, 9.17) is 4.42 Å². The molecule has 1 N–H and O–H groups in total. The number of alkyl halides is 1. The second-order valence-electron chi connectivity index (χ2n) is 4.26. The van der Waals surface area contributed by atoms with E-state index in [1.54, 1.807) is 26.3 Å². The number of hydrogen-bond donors (Lipinski definition) is 1. The van der Waals surface area contributed by atoms with Crippen molar-refractivity contribution >= 4 is 11.0 Å². The van der Waals surface area contributed by atoms with Gasteiger partial charge in [0, 0.05) is 11.4 Å². The normalized spacial score (nSPS) is 17.2. The average molecular weight is 221 g/mol. The Balaban J connectivity index is 2.45. The summed E-state index contributed by atoms with van der Waals surface area (Å²) in [4.78, 5) is 0. The van der Waals surface area contributed by atoms with Crippen LogP contribution in [0.1, 0.15) is 19.4 Å². The number of halogens is 1. The molecule has 0 aliphatic carbocycles. The molecule has 1 aromatic carbocycles. The van der Waals surface area contributed by atoms with Crippen LogP contribution >= 0.6 is 0 Å². The van der Waals surface area contributed by atoms with Crippen LogP contribution in [0.2, 0.25) is 0 Å². The fraction of sp³-hybridized carbons (Fsp3) is 0.385. The smallest absolute Gasteiger partial charge is 0.148 e. The topological polar surface area (TPSA) is 25.2 Å². The molecule has 16 heavy (non-hydrogen) atoms. The zero-order chi connectivity index (χ0) is 11.8. The van der Waals surface area contributed by atoms with E-state index < -0.39 is 5.67 Å². The summed E-state index contributed by atoms with van der Waals surface area (Å²) in [5, 5.41) is 3.94. The van der Waals surface area contributed by atoms with Gasteiger partial charge in [-0.3, -0.25) is 0 Å². The molecule has 2 atom stereocenters. The van der Waals surface area contributed by atoms with Gasteiger partial charge in [0.15, 0.2) is 0 Å². The fourth-order valence-corrected chi connectivity index (χ4v) is 1.78. The number of nitrogens with one attached hydrogen (secondary N) is 1. The molecular weight excluding hydrogens is 205 g/mol. The summed E-state index contributed by atoms with van der Waals surface area (Å²) in [5.74, 6) is 0. The minimum absolute atomic E-state index is 0.250. The predicted octanol–water partition coefficient (Wildman–Crippen LogP) is 3.23. The summed E-state index contributed by atoms with van der Waals surface area (Å²) in [6.07, 6.45) is 1.62. The molecule has 0 amide bonds. The van der Waals surface area contributed by atoms with Crippen LogP contribution in [-0.2, 0) is 5.67 Å². The van der Waals surface area contributed by atoms with E-state index in [9.17, 15) is 4.39 Å². The summed E-state index contributed by atoms with van der Waals surface area (Å²) < 4.78 is 19.8. The Morgan fingerprint density at radius 2 is 2.12 bits per heavy atom. The third-order valence-electron chi connectivity index (χ3n) is 3.27. The lowest BCUT2D eigenvalue weighted by molar-refractivity contribution is 0.140. The van der Waals surface area contributed by atoms with Gasteiger partial charge in [0.1, 0.15) is 11.3 Å². The highest BCUT2D eigenvalue weighted by Crippen LogP contribution is 2.31. The van der Waals surface area contributed by atoms with Crippen molar-refractivity contribution in [1.29, 1.82) is 0 Å². The number of hydrogen-bond acceptors (Lipinski definition) is 2. The number of benzene rings is 1. The van der Waals surface area contributed by atoms with Crippen LogP contribution in [0.4, 0.5) is 4.39 Å². The zero-order valence-electron chi connectivity index (χ0n) is 9.75. The summed E-state index contributed by atoms with van der Waals surface area (Å²) in [7, 11) is 1.76. The van der Waals surface area contributed by atoms with Gasteiger partial charge < -0.3 is 9.73 Å². The second kappa shape index (κ2) is 3.91. The Bertz CT molecular complexity index is 489. The maximum Gasteiger partial charge on any atom is 0.148 e. The molecule has 0 fully saturated rings. The minimum atomic E-state index is -1.41. The maximum atomic E-state index is 14.5. The van der Waals surface area contributed by atoms with Crippen molar-refractivity contribution < 1.29 is 8.81 Å². The fourth-order valence-electron chi connectivity index (χ4n) is 1.78. The van der Waals surface area contributed by atoms with Crippen molar-refractivity contribution in [3.8, 4) is 0 Å². The Kier molecular flexibility index (Phi) is 2.72. The molecule has 0 aliphatic heterocycles. The van der Waals surface area contributed by atoms with Crippen LogP contribution in [0, 0.1) is 0 Å². The number of fused-ring (bicyclic) bond motifs is 1. The third kappa shape index (κ3) is 1.71. The Labute approximate surface area is 94.4 Å². The average Bonchev–Trinajstić information content (AvgIpc) is 2.74. The SMILES string of the molecule is CNC(C)C(C)(F)c1ccc2ccoc2c1. The largest absolute Gasteiger partial charge is 0.464 e. The first-order chi connectivity index (χ1) is 7.55. The summed E-state index contributed by atoms with van der Waals surface area (Å²) in [6, 6.07) is 7.08. The molecule has 86 valence electrons. The van der Waals surface area contributed by atoms with Crippen LogP contribution in [-0.4, -0.2) is 13.1 Å². The van der Waals surface area contributed by atoms with Gasteiger partial charge in [0.2, 0.25) is 0 Å². The monoisotopic (exact) mass is 221 g/mol. The van der Waals surface area contributed by atoms with Crippen LogP contribution in [0.5, 0.6) is 0 Å². The molecule has 0 aliphatic rings. The number of furan rings is 1.